The van der Waals surface area contributed by atoms with Gasteiger partial charge >= 0.3 is 0 Å². The molecule has 2 aliphatic carbocycles. The molecule has 108 heavy (non-hydrogen) atoms. The highest BCUT2D eigenvalue weighted by Crippen LogP contribution is 2.61. The second kappa shape index (κ2) is 27.0. The molecule has 0 heterocycles. The van der Waals surface area contributed by atoms with E-state index in [4.69, 9.17) is 9.47 Å². The monoisotopic (exact) mass is 1460 g/mol. The van der Waals surface area contributed by atoms with Crippen LogP contribution in [0, 0.1) is 81.4 Å². The molecule has 0 bridgehead atoms. The van der Waals surface area contributed by atoms with Gasteiger partial charge in [0.1, 0.15) is 23.0 Å². The SMILES string of the molecule is C=Cc1ccc(Oc2ccc(C3(c4c(F)c(F)c(F)c(F)c4F)c4ccccc4-c4ccc(N(c5ccc(-c6ccc(N(c7ccc(F)c(F)c7)c7ccc8c(c7)C(c7ccc(Oc9ccc(C=C)cc9)cc7)(c7c(F)c(F)c(F)c(F)c7F)c7ccccc7-8)cc6)cc5)c5ccc(F)c(F)c5)cc43)cc2)cc1. The third-order valence-electron chi connectivity index (χ3n) is 19.9. The van der Waals surface area contributed by atoms with E-state index in [1.54, 1.807) is 170 Å². The summed E-state index contributed by atoms with van der Waals surface area (Å²) in [6.07, 6.45) is 3.28. The molecule has 2 aliphatic rings. The molecule has 0 amide bonds. The van der Waals surface area contributed by atoms with Gasteiger partial charge in [-0.05, 0) is 199 Å². The van der Waals surface area contributed by atoms with Gasteiger partial charge in [-0.25, -0.2) is 61.5 Å². The van der Waals surface area contributed by atoms with Gasteiger partial charge in [-0.1, -0.05) is 159 Å². The minimum absolute atomic E-state index is 0.0254. The number of hydrogen-bond donors (Lipinski definition) is 0. The predicted molar refractivity (Wildman–Crippen MR) is 388 cm³/mol. The Labute approximate surface area is 608 Å². The normalized spacial score (nSPS) is 14.5. The zero-order valence-electron chi connectivity index (χ0n) is 56.0. The van der Waals surface area contributed by atoms with Crippen LogP contribution in [0.1, 0.15) is 55.6 Å². The molecule has 0 saturated carbocycles. The van der Waals surface area contributed by atoms with E-state index in [2.05, 4.69) is 13.2 Å². The molecule has 0 aromatic heterocycles. The highest BCUT2D eigenvalue weighted by atomic mass is 19.2. The maximum absolute atomic E-state index is 17.1. The standard InChI is InChI=1S/C90H50F14N2O2/c1-3-49-13-33-61(34-14-49)107-63-37-21-53(22-38-63)89(77-79(95)83(99)87(103)84(100)80(77)96)69-11-7-5-9-65(69)67-41-29-57(45-71(67)89)105(59-31-43-73(91)75(93)47-59)55-25-17-51(18-26-55)52-19-27-56(28-20-52)106(60-32-44-74(92)76(94)48-60)58-30-42-68-66-10-6-8-12-70(66)90(72(68)46-58,78-81(97)85(101)88(104)86(102)82(78)98)54-23-39-64(40-24-54)108-62-35-15-50(4-2)16-36-62/h3-48H,1-2H2. The predicted octanol–water partition coefficient (Wildman–Crippen LogP) is 25.8. The summed E-state index contributed by atoms with van der Waals surface area (Å²) in [5.74, 6) is -25.6. The highest BCUT2D eigenvalue weighted by molar-refractivity contribution is 5.92. The summed E-state index contributed by atoms with van der Waals surface area (Å²) in [6.45, 7) is 7.54. The average molecular weight is 1460 g/mol. The van der Waals surface area contributed by atoms with Crippen molar-refractivity contribution in [2.24, 2.45) is 0 Å². The quantitative estimate of drug-likeness (QED) is 0.0515. The first-order valence-electron chi connectivity index (χ1n) is 33.5. The van der Waals surface area contributed by atoms with Crippen molar-refractivity contribution in [2.75, 3.05) is 9.80 Å². The van der Waals surface area contributed by atoms with Crippen molar-refractivity contribution < 1.29 is 70.9 Å². The summed E-state index contributed by atoms with van der Waals surface area (Å²) in [5, 5.41) is 0. The van der Waals surface area contributed by atoms with E-state index in [1.807, 2.05) is 0 Å². The zero-order chi connectivity index (χ0) is 75.2. The van der Waals surface area contributed by atoms with Crippen LogP contribution in [-0.2, 0) is 10.8 Å². The van der Waals surface area contributed by atoms with Gasteiger partial charge in [0.2, 0.25) is 11.6 Å². The molecule has 2 unspecified atom stereocenters. The van der Waals surface area contributed by atoms with Gasteiger partial charge in [0.15, 0.2) is 69.8 Å². The Hall–Kier alpha value is -13.2. The second-order valence-corrected chi connectivity index (χ2v) is 25.7. The topological polar surface area (TPSA) is 24.9 Å². The lowest BCUT2D eigenvalue weighted by Gasteiger charge is -2.35. The van der Waals surface area contributed by atoms with Crippen molar-refractivity contribution in [2.45, 2.75) is 10.8 Å². The first-order valence-corrected chi connectivity index (χ1v) is 33.5. The Balaban J connectivity index is 0.806. The summed E-state index contributed by atoms with van der Waals surface area (Å²) in [6, 6.07) is 67.1. The molecule has 14 aromatic carbocycles. The molecule has 0 aliphatic heterocycles. The molecular weight excluding hydrogens is 1410 g/mol. The molecule has 2 atom stereocenters. The molecule has 4 nitrogen and oxygen atoms in total. The Morgan fingerprint density at radius 3 is 0.852 bits per heavy atom. The Morgan fingerprint density at radius 2 is 0.528 bits per heavy atom. The van der Waals surface area contributed by atoms with Crippen molar-refractivity contribution in [3.05, 3.63) is 417 Å². The van der Waals surface area contributed by atoms with E-state index in [-0.39, 0.29) is 79.0 Å². The number of anilines is 6. The maximum Gasteiger partial charge on any atom is 0.200 e. The van der Waals surface area contributed by atoms with Crippen LogP contribution in [0.4, 0.5) is 95.6 Å². The van der Waals surface area contributed by atoms with Crippen molar-refractivity contribution in [1.82, 2.24) is 0 Å². The molecule has 16 rings (SSSR count). The fraction of sp³-hybridized carbons (Fsp3) is 0.0222. The van der Waals surface area contributed by atoms with Gasteiger partial charge < -0.3 is 19.3 Å². The highest BCUT2D eigenvalue weighted by Gasteiger charge is 2.53. The van der Waals surface area contributed by atoms with Crippen molar-refractivity contribution in [3.8, 4) is 56.4 Å². The fourth-order valence-corrected chi connectivity index (χ4v) is 15.0. The van der Waals surface area contributed by atoms with E-state index in [0.717, 1.165) is 35.4 Å². The number of halogens is 14. The molecule has 0 fully saturated rings. The third-order valence-corrected chi connectivity index (χ3v) is 19.9. The van der Waals surface area contributed by atoms with Crippen LogP contribution in [0.15, 0.2) is 280 Å². The summed E-state index contributed by atoms with van der Waals surface area (Å²) in [5.41, 5.74) is -1.59. The minimum Gasteiger partial charge on any atom is -0.457 e. The van der Waals surface area contributed by atoms with Gasteiger partial charge in [-0.2, -0.15) is 0 Å². The average Bonchev–Trinajstić information content (AvgIpc) is 1.51. The van der Waals surface area contributed by atoms with Gasteiger partial charge in [0.05, 0.1) is 10.8 Å². The van der Waals surface area contributed by atoms with E-state index in [0.29, 0.717) is 44.9 Å². The number of nitrogens with zero attached hydrogens (tertiary/aromatic N) is 2. The minimum atomic E-state index is -2.38. The third kappa shape index (κ3) is 11.1. The Bertz CT molecular complexity index is 5550. The van der Waals surface area contributed by atoms with E-state index < -0.39 is 103 Å². The molecule has 18 heteroatoms. The largest absolute Gasteiger partial charge is 0.457 e. The molecule has 0 saturated heterocycles. The maximum atomic E-state index is 17.1. The van der Waals surface area contributed by atoms with E-state index >= 15 is 61.5 Å². The first kappa shape index (κ1) is 69.2. The lowest BCUT2D eigenvalue weighted by molar-refractivity contribution is 0.363. The van der Waals surface area contributed by atoms with Gasteiger partial charge in [-0.15, -0.1) is 0 Å². The van der Waals surface area contributed by atoms with Crippen LogP contribution < -0.4 is 19.3 Å². The van der Waals surface area contributed by atoms with Crippen LogP contribution in [0.25, 0.3) is 45.5 Å². The molecule has 530 valence electrons. The van der Waals surface area contributed by atoms with Gasteiger partial charge in [0.25, 0.3) is 0 Å². The lowest BCUT2D eigenvalue weighted by atomic mass is 9.67. The van der Waals surface area contributed by atoms with Crippen molar-refractivity contribution in [1.29, 1.82) is 0 Å². The van der Waals surface area contributed by atoms with Crippen LogP contribution in [0.2, 0.25) is 0 Å². The second-order valence-electron chi connectivity index (χ2n) is 25.7. The summed E-state index contributed by atoms with van der Waals surface area (Å²) < 4.78 is 236. The summed E-state index contributed by atoms with van der Waals surface area (Å²) in [4.78, 5) is 3.00. The number of ether oxygens (including phenoxy) is 2. The smallest absolute Gasteiger partial charge is 0.200 e. The van der Waals surface area contributed by atoms with Gasteiger partial charge in [0, 0.05) is 57.4 Å². The number of hydrogen-bond acceptors (Lipinski definition) is 4. The van der Waals surface area contributed by atoms with Crippen molar-refractivity contribution in [3.63, 3.8) is 0 Å². The summed E-state index contributed by atoms with van der Waals surface area (Å²) >= 11 is 0. The number of rotatable bonds is 17. The van der Waals surface area contributed by atoms with Crippen molar-refractivity contribution >= 4 is 46.3 Å². The summed E-state index contributed by atoms with van der Waals surface area (Å²) in [7, 11) is 0. The molecule has 14 aromatic rings. The molecular formula is C90H50F14N2O2. The van der Waals surface area contributed by atoms with E-state index in [9.17, 15) is 0 Å². The molecule has 0 spiro atoms. The first-order chi connectivity index (χ1) is 52.2. The van der Waals surface area contributed by atoms with Crippen LogP contribution in [-0.4, -0.2) is 0 Å². The lowest BCUT2D eigenvalue weighted by Crippen LogP contribution is -2.32. The van der Waals surface area contributed by atoms with Crippen LogP contribution in [0.5, 0.6) is 23.0 Å². The molecule has 0 N–H and O–H groups in total. The van der Waals surface area contributed by atoms with Crippen LogP contribution >= 0.6 is 0 Å². The van der Waals surface area contributed by atoms with Gasteiger partial charge in [-0.3, -0.25) is 0 Å². The fourth-order valence-electron chi connectivity index (χ4n) is 15.0. The van der Waals surface area contributed by atoms with Crippen LogP contribution in [0.3, 0.4) is 0 Å². The Kier molecular flexibility index (Phi) is 17.3. The molecule has 0 radical (unpaired) electrons. The zero-order valence-corrected chi connectivity index (χ0v) is 56.0. The number of benzene rings is 14. The number of fused-ring (bicyclic) bond motifs is 6. The Morgan fingerprint density at radius 1 is 0.250 bits per heavy atom. The van der Waals surface area contributed by atoms with E-state index in [1.165, 1.54) is 94.7 Å².